The molecule has 10 heteroatoms. The highest BCUT2D eigenvalue weighted by Gasteiger charge is 2.50. The molecular formula is C28H22Cl2N4O4. The third-order valence-electron chi connectivity index (χ3n) is 7.01. The van der Waals surface area contributed by atoms with Crippen LogP contribution in [0, 0.1) is 11.8 Å². The average molecular weight is 549 g/mol. The average Bonchev–Trinajstić information content (AvgIpc) is 3.58. The fourth-order valence-corrected chi connectivity index (χ4v) is 5.47. The third kappa shape index (κ3) is 4.10. The Morgan fingerprint density at radius 2 is 1.21 bits per heavy atom. The Bertz CT molecular complexity index is 1420. The van der Waals surface area contributed by atoms with Gasteiger partial charge in [-0.05, 0) is 80.1 Å². The fraction of sp³-hybridized carbons (Fsp3) is 0.214. The summed E-state index contributed by atoms with van der Waals surface area (Å²) in [5, 5.41) is 13.1. The van der Waals surface area contributed by atoms with Gasteiger partial charge in [-0.1, -0.05) is 29.3 Å². The first-order chi connectivity index (χ1) is 18.3. The number of amides is 2. The quantitative estimate of drug-likeness (QED) is 0.398. The monoisotopic (exact) mass is 548 g/mol. The molecule has 0 fully saturated rings. The van der Waals surface area contributed by atoms with Crippen molar-refractivity contribution in [3.63, 3.8) is 0 Å². The number of anilines is 2. The molecule has 0 radical (unpaired) electrons. The first kappa shape index (κ1) is 24.5. The molecule has 2 amide bonds. The summed E-state index contributed by atoms with van der Waals surface area (Å²) in [7, 11) is 0. The lowest BCUT2D eigenvalue weighted by Crippen LogP contribution is -2.40. The number of carbonyl (C=O) groups is 2. The summed E-state index contributed by atoms with van der Waals surface area (Å²) in [5.41, 5.74) is 3.13. The first-order valence-corrected chi connectivity index (χ1v) is 12.8. The van der Waals surface area contributed by atoms with Crippen molar-refractivity contribution in [1.82, 2.24) is 0 Å². The van der Waals surface area contributed by atoms with Gasteiger partial charge in [0.2, 0.25) is 6.79 Å². The summed E-state index contributed by atoms with van der Waals surface area (Å²) < 4.78 is 11.1. The van der Waals surface area contributed by atoms with Crippen molar-refractivity contribution in [3.05, 3.63) is 82.3 Å². The van der Waals surface area contributed by atoms with Crippen LogP contribution in [-0.4, -0.2) is 30.0 Å². The summed E-state index contributed by atoms with van der Waals surface area (Å²) in [6.07, 6.45) is 0. The molecule has 3 aromatic carbocycles. The summed E-state index contributed by atoms with van der Waals surface area (Å²) in [4.78, 5) is 27.9. The number of ether oxygens (including phenoxy) is 2. The van der Waals surface area contributed by atoms with E-state index in [1.54, 1.807) is 68.4 Å². The van der Waals surface area contributed by atoms with Crippen LogP contribution in [0.15, 0.2) is 76.9 Å². The Kier molecular flexibility index (Phi) is 6.08. The second-order valence-electron chi connectivity index (χ2n) is 9.33. The number of hydrogen-bond acceptors (Lipinski definition) is 6. The van der Waals surface area contributed by atoms with E-state index >= 15 is 0 Å². The number of benzene rings is 3. The van der Waals surface area contributed by atoms with Gasteiger partial charge in [0, 0.05) is 27.4 Å². The van der Waals surface area contributed by atoms with Crippen molar-refractivity contribution in [2.75, 3.05) is 16.8 Å². The highest BCUT2D eigenvalue weighted by molar-refractivity contribution is 6.31. The normalized spacial score (nSPS) is 21.2. The maximum absolute atomic E-state index is 14.0. The molecule has 3 heterocycles. The van der Waals surface area contributed by atoms with Gasteiger partial charge in [0.25, 0.3) is 11.8 Å². The molecule has 0 N–H and O–H groups in total. The van der Waals surface area contributed by atoms with Gasteiger partial charge >= 0.3 is 0 Å². The van der Waals surface area contributed by atoms with Crippen molar-refractivity contribution in [1.29, 1.82) is 0 Å². The van der Waals surface area contributed by atoms with Crippen LogP contribution in [0.4, 0.5) is 11.4 Å². The van der Waals surface area contributed by atoms with Crippen LogP contribution in [0.1, 0.15) is 25.3 Å². The van der Waals surface area contributed by atoms with Gasteiger partial charge in [0.15, 0.2) is 11.5 Å². The van der Waals surface area contributed by atoms with Crippen LogP contribution in [0.5, 0.6) is 11.5 Å². The number of fused-ring (bicyclic) bond motifs is 1. The van der Waals surface area contributed by atoms with Crippen molar-refractivity contribution in [2.24, 2.45) is 22.0 Å². The lowest BCUT2D eigenvalue weighted by molar-refractivity contribution is -0.122. The minimum absolute atomic E-state index is 0.115. The number of nitrogens with zero attached hydrogens (tertiary/aromatic N) is 4. The molecule has 0 aliphatic carbocycles. The van der Waals surface area contributed by atoms with Crippen molar-refractivity contribution in [2.45, 2.75) is 19.8 Å². The zero-order valence-electron chi connectivity index (χ0n) is 20.5. The van der Waals surface area contributed by atoms with Gasteiger partial charge in [0.1, 0.15) is 0 Å². The molecule has 8 nitrogen and oxygen atoms in total. The number of rotatable bonds is 5. The smallest absolute Gasteiger partial charge is 0.256 e. The van der Waals surface area contributed by atoms with E-state index < -0.39 is 17.8 Å². The van der Waals surface area contributed by atoms with Gasteiger partial charge in [-0.2, -0.15) is 10.2 Å². The van der Waals surface area contributed by atoms with E-state index in [1.807, 2.05) is 12.1 Å². The molecule has 0 saturated carbocycles. The Labute approximate surface area is 229 Å². The van der Waals surface area contributed by atoms with Crippen LogP contribution < -0.4 is 19.5 Å². The third-order valence-corrected chi connectivity index (χ3v) is 7.51. The largest absolute Gasteiger partial charge is 0.454 e. The highest BCUT2D eigenvalue weighted by Crippen LogP contribution is 2.45. The SMILES string of the molecule is CC1=NN(c2ccc(Cl)cc2)C(=O)C1C(c1ccc2c(c1)OCO2)C1C(=O)N(c2ccc(Cl)cc2)N=C1C. The second-order valence-corrected chi connectivity index (χ2v) is 10.2. The number of hydrogen-bond donors (Lipinski definition) is 0. The maximum atomic E-state index is 14.0. The summed E-state index contributed by atoms with van der Waals surface area (Å²) in [6.45, 7) is 3.73. The molecule has 2 atom stereocenters. The van der Waals surface area contributed by atoms with E-state index in [4.69, 9.17) is 32.7 Å². The minimum atomic E-state index is -0.713. The molecule has 0 spiro atoms. The van der Waals surface area contributed by atoms with Crippen LogP contribution in [-0.2, 0) is 9.59 Å². The lowest BCUT2D eigenvalue weighted by Gasteiger charge is -2.28. The Hall–Kier alpha value is -3.88. The predicted octanol–water partition coefficient (Wildman–Crippen LogP) is 5.88. The molecule has 0 bridgehead atoms. The highest BCUT2D eigenvalue weighted by atomic mass is 35.5. The summed E-state index contributed by atoms with van der Waals surface area (Å²) >= 11 is 12.1. The number of halogens is 2. The van der Waals surface area contributed by atoms with Gasteiger partial charge in [-0.15, -0.1) is 0 Å². The summed E-state index contributed by atoms with van der Waals surface area (Å²) in [5.74, 6) is -1.31. The topological polar surface area (TPSA) is 83.8 Å². The van der Waals surface area contributed by atoms with Crippen LogP contribution in [0.3, 0.4) is 0 Å². The molecule has 0 saturated heterocycles. The van der Waals surface area contributed by atoms with Gasteiger partial charge in [-0.3, -0.25) is 9.59 Å². The van der Waals surface area contributed by atoms with Crippen molar-refractivity contribution >= 4 is 57.8 Å². The Balaban J connectivity index is 1.42. The molecular weight excluding hydrogens is 527 g/mol. The second kappa shape index (κ2) is 9.45. The van der Waals surface area contributed by atoms with E-state index in [1.165, 1.54) is 10.0 Å². The van der Waals surface area contributed by atoms with Crippen molar-refractivity contribution < 1.29 is 19.1 Å². The molecule has 3 aromatic rings. The van der Waals surface area contributed by atoms with Gasteiger partial charge < -0.3 is 9.47 Å². The lowest BCUT2D eigenvalue weighted by atomic mass is 9.73. The van der Waals surface area contributed by atoms with Crippen LogP contribution >= 0.6 is 23.2 Å². The number of carbonyl (C=O) groups excluding carboxylic acids is 2. The first-order valence-electron chi connectivity index (χ1n) is 12.0. The molecule has 2 unspecified atom stereocenters. The fourth-order valence-electron chi connectivity index (χ4n) is 5.22. The van der Waals surface area contributed by atoms with Crippen molar-refractivity contribution in [3.8, 4) is 11.5 Å². The van der Waals surface area contributed by atoms with Gasteiger partial charge in [-0.25, -0.2) is 10.0 Å². The maximum Gasteiger partial charge on any atom is 0.256 e. The molecule has 192 valence electrons. The Morgan fingerprint density at radius 1 is 0.737 bits per heavy atom. The number of hydrazone groups is 2. The molecule has 3 aliphatic rings. The van der Waals surface area contributed by atoms with E-state index in [9.17, 15) is 9.59 Å². The van der Waals surface area contributed by atoms with E-state index in [0.717, 1.165) is 5.56 Å². The van der Waals surface area contributed by atoms with Crippen LogP contribution in [0.2, 0.25) is 10.0 Å². The molecule has 0 aromatic heterocycles. The van der Waals surface area contributed by atoms with E-state index in [-0.39, 0.29) is 18.6 Å². The zero-order valence-corrected chi connectivity index (χ0v) is 22.0. The molecule has 38 heavy (non-hydrogen) atoms. The van der Waals surface area contributed by atoms with E-state index in [2.05, 4.69) is 10.2 Å². The standard InChI is InChI=1S/C28H22Cl2N4O4/c1-15-24(27(35)33(31-15)20-8-4-18(29)5-9-20)26(17-3-12-22-23(13-17)38-14-37-22)25-16(2)32-34(28(25)36)21-10-6-19(30)7-11-21/h3-13,24-26H,14H2,1-2H3. The summed E-state index contributed by atoms with van der Waals surface area (Å²) in [6, 6.07) is 19.3. The molecule has 3 aliphatic heterocycles. The van der Waals surface area contributed by atoms with Crippen LogP contribution in [0.25, 0.3) is 0 Å². The Morgan fingerprint density at radius 3 is 1.71 bits per heavy atom. The minimum Gasteiger partial charge on any atom is -0.454 e. The van der Waals surface area contributed by atoms with E-state index in [0.29, 0.717) is 44.3 Å². The predicted molar refractivity (Wildman–Crippen MR) is 146 cm³/mol. The zero-order chi connectivity index (χ0) is 26.6. The molecule has 6 rings (SSSR count). The van der Waals surface area contributed by atoms with Gasteiger partial charge in [0.05, 0.1) is 23.2 Å².